The summed E-state index contributed by atoms with van der Waals surface area (Å²) >= 11 is 0. The Morgan fingerprint density at radius 1 is 1.27 bits per heavy atom. The van der Waals surface area contributed by atoms with Gasteiger partial charge in [-0.15, -0.1) is 0 Å². The van der Waals surface area contributed by atoms with Gasteiger partial charge in [0.15, 0.2) is 0 Å². The summed E-state index contributed by atoms with van der Waals surface area (Å²) in [5, 5.41) is 11.5. The number of rotatable bonds is 7. The van der Waals surface area contributed by atoms with Crippen LogP contribution < -0.4 is 0 Å². The van der Waals surface area contributed by atoms with Crippen molar-refractivity contribution < 1.29 is 14.8 Å². The topological polar surface area (TPSA) is 51.5 Å². The van der Waals surface area contributed by atoms with Crippen LogP contribution in [0.4, 0.5) is 0 Å². The Morgan fingerprint density at radius 2 is 2.00 bits per heavy atom. The van der Waals surface area contributed by atoms with Crippen LogP contribution in [0.5, 0.6) is 0 Å². The van der Waals surface area contributed by atoms with E-state index in [1.807, 2.05) is 13.8 Å². The van der Waals surface area contributed by atoms with Crippen LogP contribution in [0.2, 0.25) is 0 Å². The minimum absolute atomic E-state index is 0.181. The molecule has 0 unspecified atom stereocenters. The molecule has 1 N–H and O–H groups in total. The molecule has 0 aromatic rings. The van der Waals surface area contributed by atoms with E-state index in [-0.39, 0.29) is 6.61 Å². The molecule has 0 bridgehead atoms. The smallest absolute Gasteiger partial charge is 0.123 e. The molecule has 0 rings (SSSR count). The van der Waals surface area contributed by atoms with Crippen LogP contribution in [0, 0.1) is 5.41 Å². The highest BCUT2D eigenvalue weighted by Crippen LogP contribution is 1.87. The van der Waals surface area contributed by atoms with Crippen molar-refractivity contribution in [2.24, 2.45) is 0 Å². The van der Waals surface area contributed by atoms with Gasteiger partial charge in [-0.1, -0.05) is 18.9 Å². The van der Waals surface area contributed by atoms with Crippen LogP contribution in [-0.2, 0) is 14.8 Å². The predicted molar refractivity (Wildman–Crippen MR) is 41.3 cm³/mol. The molecule has 66 valence electrons. The maximum Gasteiger partial charge on any atom is 0.123 e. The molecule has 0 aromatic heterocycles. The lowest BCUT2D eigenvalue weighted by molar-refractivity contribution is -0.507. The second kappa shape index (κ2) is 7.65. The van der Waals surface area contributed by atoms with Crippen LogP contribution in [0.3, 0.4) is 0 Å². The van der Waals surface area contributed by atoms with Gasteiger partial charge < -0.3 is 5.41 Å². The molecule has 0 heterocycles. The van der Waals surface area contributed by atoms with E-state index >= 15 is 0 Å². The SMILES string of the molecule is CCCOOOCC(=N)CC. The lowest BCUT2D eigenvalue weighted by Gasteiger charge is -2.01. The molecule has 0 spiro atoms. The van der Waals surface area contributed by atoms with Gasteiger partial charge >= 0.3 is 0 Å². The van der Waals surface area contributed by atoms with Crippen LogP contribution in [0.1, 0.15) is 26.7 Å². The third-order valence-corrected chi connectivity index (χ3v) is 1.04. The van der Waals surface area contributed by atoms with Gasteiger partial charge in [-0.25, -0.2) is 9.78 Å². The normalized spacial score (nSPS) is 10.0. The Labute approximate surface area is 66.8 Å². The molecule has 4 heteroatoms. The van der Waals surface area contributed by atoms with E-state index in [2.05, 4.69) is 14.8 Å². The third kappa shape index (κ3) is 7.45. The van der Waals surface area contributed by atoms with Gasteiger partial charge in [-0.3, -0.25) is 0 Å². The van der Waals surface area contributed by atoms with Gasteiger partial charge in [0.25, 0.3) is 0 Å². The maximum atomic E-state index is 7.16. The fraction of sp³-hybridized carbons (Fsp3) is 0.857. The molecular weight excluding hydrogens is 146 g/mol. The van der Waals surface area contributed by atoms with E-state index < -0.39 is 0 Å². The molecule has 0 saturated heterocycles. The Bertz CT molecular complexity index is 106. The number of hydrogen-bond acceptors (Lipinski definition) is 4. The summed E-state index contributed by atoms with van der Waals surface area (Å²) in [6.07, 6.45) is 1.56. The monoisotopic (exact) mass is 161 g/mol. The first-order valence-corrected chi connectivity index (χ1v) is 3.78. The van der Waals surface area contributed by atoms with Crippen LogP contribution in [0.25, 0.3) is 0 Å². The summed E-state index contributed by atoms with van der Waals surface area (Å²) in [6.45, 7) is 4.55. The molecule has 0 atom stereocenters. The summed E-state index contributed by atoms with van der Waals surface area (Å²) in [5.41, 5.74) is 0.491. The second-order valence-corrected chi connectivity index (χ2v) is 2.11. The molecule has 0 fully saturated rings. The summed E-state index contributed by atoms with van der Waals surface area (Å²) in [7, 11) is 0. The van der Waals surface area contributed by atoms with Crippen molar-refractivity contribution in [3.63, 3.8) is 0 Å². The van der Waals surface area contributed by atoms with E-state index in [1.54, 1.807) is 0 Å². The van der Waals surface area contributed by atoms with E-state index in [9.17, 15) is 0 Å². The zero-order valence-electron chi connectivity index (χ0n) is 7.05. The van der Waals surface area contributed by atoms with Crippen molar-refractivity contribution in [1.82, 2.24) is 0 Å². The number of nitrogens with one attached hydrogen (secondary N) is 1. The fourth-order valence-corrected chi connectivity index (χ4v) is 0.349. The Balaban J connectivity index is 2.95. The zero-order valence-corrected chi connectivity index (χ0v) is 7.05. The van der Waals surface area contributed by atoms with Gasteiger partial charge in [-0.05, 0) is 12.8 Å². The average Bonchev–Trinajstić information content (AvgIpc) is 2.04. The highest BCUT2D eigenvalue weighted by Gasteiger charge is 1.93. The fourth-order valence-electron chi connectivity index (χ4n) is 0.349. The maximum absolute atomic E-state index is 7.16. The molecule has 0 radical (unpaired) electrons. The average molecular weight is 161 g/mol. The van der Waals surface area contributed by atoms with Crippen LogP contribution in [-0.4, -0.2) is 18.9 Å². The first kappa shape index (κ1) is 10.6. The van der Waals surface area contributed by atoms with Crippen molar-refractivity contribution in [2.75, 3.05) is 13.2 Å². The lowest BCUT2D eigenvalue weighted by Crippen LogP contribution is -2.07. The van der Waals surface area contributed by atoms with E-state index in [4.69, 9.17) is 5.41 Å². The van der Waals surface area contributed by atoms with Crippen molar-refractivity contribution in [3.05, 3.63) is 0 Å². The molecule has 11 heavy (non-hydrogen) atoms. The molecule has 0 aliphatic carbocycles. The molecule has 0 aromatic carbocycles. The van der Waals surface area contributed by atoms with Crippen LogP contribution in [0.15, 0.2) is 0 Å². The summed E-state index contributed by atoms with van der Waals surface area (Å²) in [6, 6.07) is 0. The molecule has 0 aliphatic rings. The lowest BCUT2D eigenvalue weighted by atomic mass is 10.3. The summed E-state index contributed by atoms with van der Waals surface area (Å²) in [4.78, 5) is 9.10. The highest BCUT2D eigenvalue weighted by atomic mass is 17.5. The van der Waals surface area contributed by atoms with Gasteiger partial charge in [0.2, 0.25) is 0 Å². The molecule has 4 nitrogen and oxygen atoms in total. The highest BCUT2D eigenvalue weighted by molar-refractivity contribution is 5.82. The minimum atomic E-state index is 0.181. The largest absolute Gasteiger partial charge is 0.307 e. The van der Waals surface area contributed by atoms with Gasteiger partial charge in [0, 0.05) is 5.71 Å². The first-order chi connectivity index (χ1) is 5.31. The van der Waals surface area contributed by atoms with E-state index in [0.29, 0.717) is 18.7 Å². The third-order valence-electron chi connectivity index (χ3n) is 1.04. The summed E-state index contributed by atoms with van der Waals surface area (Å²) < 4.78 is 0. The Hall–Kier alpha value is -0.450. The molecule has 0 aliphatic heterocycles. The van der Waals surface area contributed by atoms with Crippen molar-refractivity contribution in [2.45, 2.75) is 26.7 Å². The second-order valence-electron chi connectivity index (χ2n) is 2.11. The van der Waals surface area contributed by atoms with Crippen molar-refractivity contribution in [1.29, 1.82) is 5.41 Å². The molecular formula is C7H15NO3. The summed E-state index contributed by atoms with van der Waals surface area (Å²) in [5.74, 6) is 0. The first-order valence-electron chi connectivity index (χ1n) is 3.78. The molecule has 0 amide bonds. The Morgan fingerprint density at radius 3 is 2.55 bits per heavy atom. The van der Waals surface area contributed by atoms with E-state index in [1.165, 1.54) is 0 Å². The quantitative estimate of drug-likeness (QED) is 0.267. The standard InChI is InChI=1S/C7H15NO3/c1-3-5-9-11-10-6-7(8)4-2/h8H,3-6H2,1-2H3. The van der Waals surface area contributed by atoms with Crippen molar-refractivity contribution >= 4 is 5.71 Å². The van der Waals surface area contributed by atoms with E-state index in [0.717, 1.165) is 6.42 Å². The predicted octanol–water partition coefficient (Wildman–Crippen LogP) is 1.71. The Kier molecular flexibility index (Phi) is 7.34. The number of hydrogen-bond donors (Lipinski definition) is 1. The molecule has 0 saturated carbocycles. The van der Waals surface area contributed by atoms with Crippen LogP contribution >= 0.6 is 0 Å². The minimum Gasteiger partial charge on any atom is -0.307 e. The van der Waals surface area contributed by atoms with Gasteiger partial charge in [0.05, 0.1) is 6.61 Å². The zero-order chi connectivity index (χ0) is 8.53. The van der Waals surface area contributed by atoms with Crippen molar-refractivity contribution in [3.8, 4) is 0 Å². The van der Waals surface area contributed by atoms with Gasteiger partial charge in [-0.2, -0.15) is 0 Å². The van der Waals surface area contributed by atoms with Gasteiger partial charge in [0.1, 0.15) is 6.61 Å².